The minimum absolute atomic E-state index is 0.230. The fraction of sp³-hybridized carbons (Fsp3) is 0.227. The third kappa shape index (κ3) is 3.66. The van der Waals surface area contributed by atoms with E-state index in [9.17, 15) is 8.42 Å². The van der Waals surface area contributed by atoms with Crippen LogP contribution < -0.4 is 5.32 Å². The van der Waals surface area contributed by atoms with Crippen molar-refractivity contribution in [2.75, 3.05) is 11.9 Å². The van der Waals surface area contributed by atoms with Crippen molar-refractivity contribution in [2.24, 2.45) is 0 Å². The van der Waals surface area contributed by atoms with Crippen molar-refractivity contribution in [3.63, 3.8) is 0 Å². The normalized spacial score (nSPS) is 17.5. The minimum atomic E-state index is -3.56. The molecule has 1 aromatic heterocycles. The third-order valence-electron chi connectivity index (χ3n) is 5.07. The summed E-state index contributed by atoms with van der Waals surface area (Å²) in [7, 11) is -3.56. The summed E-state index contributed by atoms with van der Waals surface area (Å²) in [4.78, 5) is 4.83. The van der Waals surface area contributed by atoms with E-state index in [-0.39, 0.29) is 6.04 Å². The van der Waals surface area contributed by atoms with Crippen LogP contribution in [0.25, 0.3) is 0 Å². The van der Waals surface area contributed by atoms with E-state index in [0.717, 1.165) is 29.7 Å². The number of para-hydroxylation sites is 1. The van der Waals surface area contributed by atoms with E-state index in [1.807, 2.05) is 61.5 Å². The van der Waals surface area contributed by atoms with Gasteiger partial charge in [-0.2, -0.15) is 4.31 Å². The van der Waals surface area contributed by atoms with Gasteiger partial charge in [0.2, 0.25) is 10.0 Å². The standard InChI is InChI=1S/C22H23N3O2S/c1-17-11-13-19(14-12-17)28(26,27)25-16-6-10-21(25)20-9-5-15-23-22(20)24-18-7-3-2-4-8-18/h2-5,7-9,11-15,21H,6,10,16H2,1H3,(H,23,24). The van der Waals surface area contributed by atoms with Crippen molar-refractivity contribution < 1.29 is 8.42 Å². The Morgan fingerprint density at radius 2 is 1.75 bits per heavy atom. The molecule has 0 spiro atoms. The first-order valence-electron chi connectivity index (χ1n) is 9.41. The first kappa shape index (κ1) is 18.7. The fourth-order valence-electron chi connectivity index (χ4n) is 3.63. The second-order valence-corrected chi connectivity index (χ2v) is 8.91. The highest BCUT2D eigenvalue weighted by atomic mass is 32.2. The summed E-state index contributed by atoms with van der Waals surface area (Å²) < 4.78 is 28.2. The van der Waals surface area contributed by atoms with Gasteiger partial charge in [-0.05, 0) is 50.1 Å². The number of aryl methyl sites for hydroxylation is 1. The summed E-state index contributed by atoms with van der Waals surface area (Å²) in [5.74, 6) is 0.699. The summed E-state index contributed by atoms with van der Waals surface area (Å²) in [6, 6.07) is 20.4. The molecule has 6 heteroatoms. The molecule has 1 aliphatic heterocycles. The molecule has 1 saturated heterocycles. The van der Waals surface area contributed by atoms with Crippen molar-refractivity contribution >= 4 is 21.5 Å². The SMILES string of the molecule is Cc1ccc(S(=O)(=O)N2CCCC2c2cccnc2Nc2ccccc2)cc1. The van der Waals surface area contributed by atoms with Gasteiger partial charge in [0.25, 0.3) is 0 Å². The van der Waals surface area contributed by atoms with Gasteiger partial charge in [0.1, 0.15) is 5.82 Å². The van der Waals surface area contributed by atoms with Gasteiger partial charge in [0.05, 0.1) is 10.9 Å². The number of nitrogens with one attached hydrogen (secondary N) is 1. The predicted molar refractivity (Wildman–Crippen MR) is 111 cm³/mol. The Bertz CT molecular complexity index is 1050. The van der Waals surface area contributed by atoms with Crippen LogP contribution in [0.4, 0.5) is 11.5 Å². The van der Waals surface area contributed by atoms with Crippen molar-refractivity contribution in [3.8, 4) is 0 Å². The Kier molecular flexibility index (Phi) is 5.15. The summed E-state index contributed by atoms with van der Waals surface area (Å²) >= 11 is 0. The molecule has 0 bridgehead atoms. The molecule has 1 fully saturated rings. The molecule has 2 aromatic carbocycles. The summed E-state index contributed by atoms with van der Waals surface area (Å²) in [5, 5.41) is 3.34. The van der Waals surface area contributed by atoms with Crippen LogP contribution in [0.3, 0.4) is 0 Å². The molecule has 0 amide bonds. The fourth-order valence-corrected chi connectivity index (χ4v) is 5.31. The van der Waals surface area contributed by atoms with Gasteiger partial charge >= 0.3 is 0 Å². The molecule has 1 atom stereocenters. The van der Waals surface area contributed by atoms with Crippen LogP contribution in [0.15, 0.2) is 77.8 Å². The zero-order valence-corrected chi connectivity index (χ0v) is 16.6. The van der Waals surface area contributed by atoms with Crippen LogP contribution >= 0.6 is 0 Å². The van der Waals surface area contributed by atoms with Crippen LogP contribution in [-0.4, -0.2) is 24.3 Å². The molecule has 2 heterocycles. The number of anilines is 2. The lowest BCUT2D eigenvalue weighted by atomic mass is 10.1. The first-order chi connectivity index (χ1) is 13.6. The maximum Gasteiger partial charge on any atom is 0.243 e. The molecule has 1 aliphatic rings. The zero-order valence-electron chi connectivity index (χ0n) is 15.7. The van der Waals surface area contributed by atoms with E-state index < -0.39 is 10.0 Å². The molecular formula is C22H23N3O2S. The molecule has 4 rings (SSSR count). The Morgan fingerprint density at radius 1 is 1.00 bits per heavy atom. The van der Waals surface area contributed by atoms with Gasteiger partial charge in [-0.15, -0.1) is 0 Å². The molecule has 1 unspecified atom stereocenters. The molecule has 144 valence electrons. The number of nitrogens with zero attached hydrogens (tertiary/aromatic N) is 2. The number of hydrogen-bond donors (Lipinski definition) is 1. The second kappa shape index (κ2) is 7.73. The second-order valence-electron chi connectivity index (χ2n) is 7.02. The Labute approximate surface area is 166 Å². The number of pyridine rings is 1. The average molecular weight is 394 g/mol. The molecule has 0 aliphatic carbocycles. The first-order valence-corrected chi connectivity index (χ1v) is 10.9. The Morgan fingerprint density at radius 3 is 2.50 bits per heavy atom. The lowest BCUT2D eigenvalue weighted by Gasteiger charge is -2.26. The zero-order chi connectivity index (χ0) is 19.6. The van der Waals surface area contributed by atoms with Crippen LogP contribution in [0.1, 0.15) is 30.0 Å². The van der Waals surface area contributed by atoms with Gasteiger partial charge in [0.15, 0.2) is 0 Å². The van der Waals surface area contributed by atoms with E-state index in [0.29, 0.717) is 17.3 Å². The van der Waals surface area contributed by atoms with Gasteiger partial charge < -0.3 is 5.32 Å². The highest BCUT2D eigenvalue weighted by molar-refractivity contribution is 7.89. The topological polar surface area (TPSA) is 62.3 Å². The number of benzene rings is 2. The highest BCUT2D eigenvalue weighted by Gasteiger charge is 2.37. The monoisotopic (exact) mass is 393 g/mol. The van der Waals surface area contributed by atoms with Crippen molar-refractivity contribution in [1.29, 1.82) is 0 Å². The molecule has 1 N–H and O–H groups in total. The smallest absolute Gasteiger partial charge is 0.243 e. The van der Waals surface area contributed by atoms with E-state index >= 15 is 0 Å². The average Bonchev–Trinajstić information content (AvgIpc) is 3.20. The molecular weight excluding hydrogens is 370 g/mol. The van der Waals surface area contributed by atoms with Crippen LogP contribution in [-0.2, 0) is 10.0 Å². The van der Waals surface area contributed by atoms with E-state index in [4.69, 9.17) is 0 Å². The Hall–Kier alpha value is -2.70. The predicted octanol–water partition coefficient (Wildman–Crippen LogP) is 4.66. The maximum atomic E-state index is 13.3. The van der Waals surface area contributed by atoms with E-state index in [2.05, 4.69) is 10.3 Å². The molecule has 5 nitrogen and oxygen atoms in total. The maximum absolute atomic E-state index is 13.3. The lowest BCUT2D eigenvalue weighted by molar-refractivity contribution is 0.397. The van der Waals surface area contributed by atoms with Crippen molar-refractivity contribution in [2.45, 2.75) is 30.7 Å². The van der Waals surface area contributed by atoms with Gasteiger partial charge in [-0.25, -0.2) is 13.4 Å². The molecule has 3 aromatic rings. The number of rotatable bonds is 5. The number of aromatic nitrogens is 1. The number of sulfonamides is 1. The van der Waals surface area contributed by atoms with Crippen molar-refractivity contribution in [1.82, 2.24) is 9.29 Å². The van der Waals surface area contributed by atoms with Gasteiger partial charge in [-0.1, -0.05) is 42.0 Å². The minimum Gasteiger partial charge on any atom is -0.340 e. The molecule has 28 heavy (non-hydrogen) atoms. The number of hydrogen-bond acceptors (Lipinski definition) is 4. The Balaban J connectivity index is 1.68. The van der Waals surface area contributed by atoms with Crippen LogP contribution in [0, 0.1) is 6.92 Å². The van der Waals surface area contributed by atoms with E-state index in [1.165, 1.54) is 0 Å². The summed E-state index contributed by atoms with van der Waals surface area (Å²) in [6.07, 6.45) is 3.33. The van der Waals surface area contributed by atoms with E-state index in [1.54, 1.807) is 22.6 Å². The molecule has 0 saturated carbocycles. The van der Waals surface area contributed by atoms with Crippen LogP contribution in [0.5, 0.6) is 0 Å². The van der Waals surface area contributed by atoms with Crippen molar-refractivity contribution in [3.05, 3.63) is 84.1 Å². The highest BCUT2D eigenvalue weighted by Crippen LogP contribution is 2.39. The third-order valence-corrected chi connectivity index (χ3v) is 6.99. The summed E-state index contributed by atoms with van der Waals surface area (Å²) in [5.41, 5.74) is 2.87. The van der Waals surface area contributed by atoms with Crippen LogP contribution in [0.2, 0.25) is 0 Å². The summed E-state index contributed by atoms with van der Waals surface area (Å²) in [6.45, 7) is 2.47. The largest absolute Gasteiger partial charge is 0.340 e. The quantitative estimate of drug-likeness (QED) is 0.685. The molecule has 0 radical (unpaired) electrons. The lowest BCUT2D eigenvalue weighted by Crippen LogP contribution is -2.31. The van der Waals surface area contributed by atoms with Gasteiger partial charge in [-0.3, -0.25) is 0 Å². The van der Waals surface area contributed by atoms with Gasteiger partial charge in [0, 0.05) is 24.0 Å².